The van der Waals surface area contributed by atoms with Crippen LogP contribution in [0, 0.1) is 17.8 Å². The van der Waals surface area contributed by atoms with Gasteiger partial charge in [-0.05, 0) is 64.2 Å². The smallest absolute Gasteiger partial charge is 0.265 e. The first kappa shape index (κ1) is 13.6. The molecule has 3 nitrogen and oxygen atoms in total. The van der Waals surface area contributed by atoms with Crippen LogP contribution in [-0.2, 0) is 4.79 Å². The molecule has 0 aromatic carbocycles. The van der Waals surface area contributed by atoms with E-state index in [9.17, 15) is 9.90 Å². The molecule has 2 saturated carbocycles. The van der Waals surface area contributed by atoms with E-state index >= 15 is 0 Å². The van der Waals surface area contributed by atoms with Crippen LogP contribution in [-0.4, -0.2) is 26.4 Å². The molecule has 19 heavy (non-hydrogen) atoms. The third kappa shape index (κ3) is 2.17. The van der Waals surface area contributed by atoms with Crippen molar-refractivity contribution in [3.8, 4) is 0 Å². The Balaban J connectivity index is 1.68. The average molecular weight is 281 g/mol. The number of fused-ring (bicyclic) bond motifs is 2. The van der Waals surface area contributed by atoms with Gasteiger partial charge >= 0.3 is 0 Å². The third-order valence-electron chi connectivity index (χ3n) is 5.45. The predicted octanol–water partition coefficient (Wildman–Crippen LogP) is 3.01. The minimum atomic E-state index is -1.03. The van der Waals surface area contributed by atoms with Crippen molar-refractivity contribution in [2.45, 2.75) is 63.2 Å². The average Bonchev–Trinajstić information content (AvgIpc) is 2.94. The molecule has 3 rings (SSSR count). The Hall–Kier alpha value is -0.350. The molecule has 2 bridgehead atoms. The molecule has 4 heteroatoms. The summed E-state index contributed by atoms with van der Waals surface area (Å²) in [5.41, 5.74) is -1.03. The largest absolute Gasteiger partial charge is 0.388 e. The fraction of sp³-hybridized carbons (Fsp3) is 0.867. The SMILES string of the molecule is CC(C)(O)C1(C)SC(C[C@H]2C[C@@H]3CC[C@H]2C3)=NC1=O. The number of aliphatic hydroxyl groups is 1. The fourth-order valence-corrected chi connectivity index (χ4v) is 5.13. The lowest BCUT2D eigenvalue weighted by Crippen LogP contribution is -2.48. The molecule has 0 aromatic heterocycles. The van der Waals surface area contributed by atoms with Crippen molar-refractivity contribution in [2.24, 2.45) is 22.7 Å². The standard InChI is InChI=1S/C15H23NO2S/c1-14(2,18)15(3)13(17)16-12(19-15)8-11-7-9-4-5-10(11)6-9/h9-11,18H,4-8H2,1-3H3/t9-,10+,11-,15?/m1/s1. The van der Waals surface area contributed by atoms with Crippen LogP contribution in [0.5, 0.6) is 0 Å². The molecule has 0 radical (unpaired) electrons. The van der Waals surface area contributed by atoms with Crippen molar-refractivity contribution >= 4 is 22.7 Å². The van der Waals surface area contributed by atoms with Gasteiger partial charge in [0, 0.05) is 0 Å². The molecule has 1 N–H and O–H groups in total. The van der Waals surface area contributed by atoms with Crippen LogP contribution in [0.15, 0.2) is 4.99 Å². The minimum absolute atomic E-state index is 0.164. The van der Waals surface area contributed by atoms with Gasteiger partial charge in [0.2, 0.25) is 0 Å². The molecule has 1 amide bonds. The molecule has 106 valence electrons. The first-order chi connectivity index (χ1) is 8.79. The predicted molar refractivity (Wildman–Crippen MR) is 78.3 cm³/mol. The van der Waals surface area contributed by atoms with Crippen LogP contribution in [0.25, 0.3) is 0 Å². The number of aliphatic imine (C=N–C) groups is 1. The Morgan fingerprint density at radius 3 is 2.63 bits per heavy atom. The molecule has 4 atom stereocenters. The van der Waals surface area contributed by atoms with E-state index in [0.29, 0.717) is 0 Å². The second-order valence-corrected chi connectivity index (χ2v) is 8.64. The van der Waals surface area contributed by atoms with Crippen LogP contribution in [0.2, 0.25) is 0 Å². The number of nitrogens with zero attached hydrogens (tertiary/aromatic N) is 1. The molecule has 1 heterocycles. The van der Waals surface area contributed by atoms with Crippen molar-refractivity contribution in [1.82, 2.24) is 0 Å². The molecule has 3 aliphatic rings. The lowest BCUT2D eigenvalue weighted by molar-refractivity contribution is -0.124. The summed E-state index contributed by atoms with van der Waals surface area (Å²) in [6, 6.07) is 0. The second-order valence-electron chi connectivity index (χ2n) is 7.14. The van der Waals surface area contributed by atoms with Crippen LogP contribution in [0.3, 0.4) is 0 Å². The van der Waals surface area contributed by atoms with E-state index in [0.717, 1.165) is 29.2 Å². The van der Waals surface area contributed by atoms with Gasteiger partial charge in [0.1, 0.15) is 4.75 Å². The van der Waals surface area contributed by atoms with E-state index in [2.05, 4.69) is 4.99 Å². The van der Waals surface area contributed by atoms with E-state index < -0.39 is 10.3 Å². The minimum Gasteiger partial charge on any atom is -0.388 e. The number of carbonyl (C=O) groups excluding carboxylic acids is 1. The summed E-state index contributed by atoms with van der Waals surface area (Å²) in [5, 5.41) is 11.2. The van der Waals surface area contributed by atoms with Gasteiger partial charge in [-0.15, -0.1) is 0 Å². The summed E-state index contributed by atoms with van der Waals surface area (Å²) >= 11 is 1.49. The van der Waals surface area contributed by atoms with E-state index in [1.165, 1.54) is 37.4 Å². The highest BCUT2D eigenvalue weighted by Crippen LogP contribution is 2.52. The summed E-state index contributed by atoms with van der Waals surface area (Å²) in [4.78, 5) is 16.4. The molecular weight excluding hydrogens is 258 g/mol. The molecule has 0 aromatic rings. The zero-order valence-corrected chi connectivity index (χ0v) is 12.8. The molecule has 0 spiro atoms. The van der Waals surface area contributed by atoms with Crippen LogP contribution < -0.4 is 0 Å². The van der Waals surface area contributed by atoms with Gasteiger partial charge in [0.05, 0.1) is 10.6 Å². The number of thioether (sulfide) groups is 1. The maximum atomic E-state index is 12.1. The highest BCUT2D eigenvalue weighted by Gasteiger charge is 2.52. The number of rotatable bonds is 3. The normalized spacial score (nSPS) is 42.0. The van der Waals surface area contributed by atoms with Gasteiger partial charge in [0.15, 0.2) is 0 Å². The topological polar surface area (TPSA) is 49.7 Å². The molecular formula is C15H23NO2S. The zero-order chi connectivity index (χ0) is 13.8. The number of hydrogen-bond acceptors (Lipinski definition) is 3. The van der Waals surface area contributed by atoms with Crippen LogP contribution in [0.1, 0.15) is 52.9 Å². The first-order valence-electron chi connectivity index (χ1n) is 7.33. The first-order valence-corrected chi connectivity index (χ1v) is 8.14. The van der Waals surface area contributed by atoms with Crippen LogP contribution >= 0.6 is 11.8 Å². The summed E-state index contributed by atoms with van der Waals surface area (Å²) in [7, 11) is 0. The van der Waals surface area contributed by atoms with Gasteiger partial charge in [-0.25, -0.2) is 4.99 Å². The number of amides is 1. The van der Waals surface area contributed by atoms with Crippen molar-refractivity contribution in [1.29, 1.82) is 0 Å². The van der Waals surface area contributed by atoms with E-state index in [1.54, 1.807) is 13.8 Å². The third-order valence-corrected chi connectivity index (χ3v) is 7.02. The van der Waals surface area contributed by atoms with E-state index in [1.807, 2.05) is 6.92 Å². The number of hydrogen-bond donors (Lipinski definition) is 1. The summed E-state index contributed by atoms with van der Waals surface area (Å²) in [5.74, 6) is 2.35. The molecule has 2 fully saturated rings. The lowest BCUT2D eigenvalue weighted by Gasteiger charge is -2.33. The molecule has 2 aliphatic carbocycles. The van der Waals surface area contributed by atoms with Gasteiger partial charge in [-0.3, -0.25) is 4.79 Å². The van der Waals surface area contributed by atoms with Crippen molar-refractivity contribution in [3.63, 3.8) is 0 Å². The Kier molecular flexibility index (Phi) is 3.10. The Labute approximate surface area is 119 Å². The Morgan fingerprint density at radius 2 is 2.16 bits per heavy atom. The Bertz CT molecular complexity index is 440. The van der Waals surface area contributed by atoms with Gasteiger partial charge in [-0.1, -0.05) is 18.2 Å². The molecule has 1 aliphatic heterocycles. The second kappa shape index (κ2) is 4.32. The highest BCUT2D eigenvalue weighted by atomic mass is 32.2. The van der Waals surface area contributed by atoms with E-state index in [4.69, 9.17) is 0 Å². The summed E-state index contributed by atoms with van der Waals surface area (Å²) in [6.07, 6.45) is 6.42. The maximum Gasteiger partial charge on any atom is 0.265 e. The van der Waals surface area contributed by atoms with Crippen LogP contribution in [0.4, 0.5) is 0 Å². The van der Waals surface area contributed by atoms with Gasteiger partial charge in [-0.2, -0.15) is 0 Å². The zero-order valence-electron chi connectivity index (χ0n) is 12.0. The van der Waals surface area contributed by atoms with Gasteiger partial charge < -0.3 is 5.11 Å². The monoisotopic (exact) mass is 281 g/mol. The van der Waals surface area contributed by atoms with Crippen molar-refractivity contribution < 1.29 is 9.90 Å². The molecule has 0 saturated heterocycles. The maximum absolute atomic E-state index is 12.1. The lowest BCUT2D eigenvalue weighted by atomic mass is 9.87. The van der Waals surface area contributed by atoms with Crippen molar-refractivity contribution in [2.75, 3.05) is 0 Å². The quantitative estimate of drug-likeness (QED) is 0.865. The summed E-state index contributed by atoms with van der Waals surface area (Å²) < 4.78 is -0.806. The molecule has 1 unspecified atom stereocenters. The fourth-order valence-electron chi connectivity index (χ4n) is 3.85. The Morgan fingerprint density at radius 1 is 1.42 bits per heavy atom. The van der Waals surface area contributed by atoms with Gasteiger partial charge in [0.25, 0.3) is 5.91 Å². The van der Waals surface area contributed by atoms with Crippen molar-refractivity contribution in [3.05, 3.63) is 0 Å². The highest BCUT2D eigenvalue weighted by molar-refractivity contribution is 8.16. The van der Waals surface area contributed by atoms with E-state index in [-0.39, 0.29) is 5.91 Å². The summed E-state index contributed by atoms with van der Waals surface area (Å²) in [6.45, 7) is 5.22. The number of carbonyl (C=O) groups is 1.